The van der Waals surface area contributed by atoms with Crippen molar-refractivity contribution in [2.75, 3.05) is 11.5 Å². The summed E-state index contributed by atoms with van der Waals surface area (Å²) in [4.78, 5) is 0. The van der Waals surface area contributed by atoms with Crippen LogP contribution in [-0.2, 0) is 0 Å². The Labute approximate surface area is 62.3 Å². The van der Waals surface area contributed by atoms with Gasteiger partial charge in [-0.25, -0.2) is 0 Å². The van der Waals surface area contributed by atoms with Crippen molar-refractivity contribution in [3.05, 3.63) is 0 Å². The van der Waals surface area contributed by atoms with Crippen LogP contribution in [-0.4, -0.2) is 11.5 Å². The second-order valence-corrected chi connectivity index (χ2v) is 2.34. The molecule has 0 radical (unpaired) electrons. The fourth-order valence-corrected chi connectivity index (χ4v) is 0.612. The summed E-state index contributed by atoms with van der Waals surface area (Å²) in [6.45, 7) is 4.35. The normalized spacial score (nSPS) is 6.00. The molecule has 0 amide bonds. The molecule has 0 atom stereocenters. The zero-order chi connectivity index (χ0) is 4.12. The maximum atomic E-state index is 2.17. The molecule has 0 aliphatic rings. The molecule has 7 heavy (non-hydrogen) atoms. The molecule has 0 fully saturated rings. The fourth-order valence-electron chi connectivity index (χ4n) is 0.204. The number of hydrogen-bond donors (Lipinski definition) is 0. The minimum Gasteiger partial charge on any atom is -0.163 e. The van der Waals surface area contributed by atoms with Gasteiger partial charge in [0.15, 0.2) is 0 Å². The van der Waals surface area contributed by atoms with Crippen molar-refractivity contribution < 1.29 is 0 Å². The van der Waals surface area contributed by atoms with E-state index in [1.807, 2.05) is 11.8 Å². The monoisotopic (exact) mass is 162 g/mol. The molecule has 0 saturated heterocycles. The summed E-state index contributed by atoms with van der Waals surface area (Å²) < 4.78 is 0. The molecule has 0 aromatic rings. The van der Waals surface area contributed by atoms with Gasteiger partial charge in [-0.3, -0.25) is 0 Å². The Morgan fingerprint density at radius 1 is 1.00 bits per heavy atom. The topological polar surface area (TPSA) is 0 Å². The highest BCUT2D eigenvalue weighted by molar-refractivity contribution is 7.99. The second kappa shape index (κ2) is 15.8. The van der Waals surface area contributed by atoms with Gasteiger partial charge in [0.2, 0.25) is 0 Å². The van der Waals surface area contributed by atoms with Crippen LogP contribution in [0, 0.1) is 0 Å². The highest BCUT2D eigenvalue weighted by Gasteiger charge is 1.67. The molecule has 0 aliphatic heterocycles. The SMILES string of the molecule is CCSCC.Cl.Cl. The van der Waals surface area contributed by atoms with Crippen LogP contribution in [0.4, 0.5) is 0 Å². The number of thioether (sulfide) groups is 1. The van der Waals surface area contributed by atoms with Crippen LogP contribution in [0.1, 0.15) is 13.8 Å². The first-order valence-electron chi connectivity index (χ1n) is 1.99. The predicted molar refractivity (Wildman–Crippen MR) is 43.2 cm³/mol. The molecule has 0 heterocycles. The summed E-state index contributed by atoms with van der Waals surface area (Å²) in [6.07, 6.45) is 0. The fraction of sp³-hybridized carbons (Fsp3) is 1.00. The van der Waals surface area contributed by atoms with E-state index in [1.54, 1.807) is 0 Å². The Kier molecular flexibility index (Phi) is 35.3. The van der Waals surface area contributed by atoms with Gasteiger partial charge in [-0.05, 0) is 11.5 Å². The van der Waals surface area contributed by atoms with E-state index < -0.39 is 0 Å². The van der Waals surface area contributed by atoms with Gasteiger partial charge in [-0.15, -0.1) is 24.8 Å². The summed E-state index contributed by atoms with van der Waals surface area (Å²) in [6, 6.07) is 0. The number of hydrogen-bond acceptors (Lipinski definition) is 1. The molecule has 0 N–H and O–H groups in total. The minimum absolute atomic E-state index is 0. The van der Waals surface area contributed by atoms with Crippen molar-refractivity contribution in [3.8, 4) is 0 Å². The molecular formula is C4H12Cl2S. The van der Waals surface area contributed by atoms with Gasteiger partial charge in [0.1, 0.15) is 0 Å². The average molecular weight is 163 g/mol. The van der Waals surface area contributed by atoms with Crippen LogP contribution in [0.25, 0.3) is 0 Å². The molecule has 3 heteroatoms. The largest absolute Gasteiger partial charge is 0.163 e. The first-order chi connectivity index (χ1) is 2.41. The quantitative estimate of drug-likeness (QED) is 0.602. The van der Waals surface area contributed by atoms with Crippen LogP contribution in [0.15, 0.2) is 0 Å². The zero-order valence-corrected chi connectivity index (χ0v) is 7.09. The van der Waals surface area contributed by atoms with E-state index in [2.05, 4.69) is 13.8 Å². The Hall–Kier alpha value is 0.930. The molecule has 0 rings (SSSR count). The van der Waals surface area contributed by atoms with Crippen molar-refractivity contribution in [2.45, 2.75) is 13.8 Å². The van der Waals surface area contributed by atoms with Gasteiger partial charge in [-0.2, -0.15) is 11.8 Å². The molecule has 0 aromatic heterocycles. The maximum Gasteiger partial charge on any atom is -0.00961 e. The molecule has 0 nitrogen and oxygen atoms in total. The van der Waals surface area contributed by atoms with Gasteiger partial charge >= 0.3 is 0 Å². The predicted octanol–water partition coefficient (Wildman–Crippen LogP) is 2.60. The van der Waals surface area contributed by atoms with E-state index in [4.69, 9.17) is 0 Å². The standard InChI is InChI=1S/C4H10S.2ClH/c1-3-5-4-2;;/h3-4H2,1-2H3;2*1H. The second-order valence-electron chi connectivity index (χ2n) is 0.781. The van der Waals surface area contributed by atoms with Crippen LogP contribution >= 0.6 is 36.6 Å². The van der Waals surface area contributed by atoms with Gasteiger partial charge in [0.25, 0.3) is 0 Å². The third-order valence-electron chi connectivity index (χ3n) is 0.408. The van der Waals surface area contributed by atoms with E-state index in [9.17, 15) is 0 Å². The molecule has 0 bridgehead atoms. The van der Waals surface area contributed by atoms with Gasteiger partial charge in [0.05, 0.1) is 0 Å². The minimum atomic E-state index is 0. The lowest BCUT2D eigenvalue weighted by atomic mass is 11.0. The molecule has 0 saturated carbocycles. The average Bonchev–Trinajstić information content (AvgIpc) is 1.41. The number of rotatable bonds is 2. The first-order valence-corrected chi connectivity index (χ1v) is 3.15. The van der Waals surface area contributed by atoms with Crippen molar-refractivity contribution in [2.24, 2.45) is 0 Å². The molecule has 0 unspecified atom stereocenters. The van der Waals surface area contributed by atoms with Crippen molar-refractivity contribution in [1.82, 2.24) is 0 Å². The van der Waals surface area contributed by atoms with Crippen molar-refractivity contribution in [1.29, 1.82) is 0 Å². The number of halogens is 2. The molecule has 0 spiro atoms. The van der Waals surface area contributed by atoms with E-state index in [0.29, 0.717) is 0 Å². The van der Waals surface area contributed by atoms with Gasteiger partial charge < -0.3 is 0 Å². The van der Waals surface area contributed by atoms with Crippen LogP contribution in [0.3, 0.4) is 0 Å². The third kappa shape index (κ3) is 19.6. The molecule has 0 aromatic carbocycles. The van der Waals surface area contributed by atoms with E-state index in [-0.39, 0.29) is 24.8 Å². The molecular weight excluding hydrogens is 151 g/mol. The van der Waals surface area contributed by atoms with Crippen LogP contribution in [0.2, 0.25) is 0 Å². The van der Waals surface area contributed by atoms with Crippen LogP contribution in [0.5, 0.6) is 0 Å². The Bertz CT molecular complexity index is 17.2. The molecule has 0 aliphatic carbocycles. The Balaban J connectivity index is -0.0000000800. The maximum absolute atomic E-state index is 2.17. The summed E-state index contributed by atoms with van der Waals surface area (Å²) in [5, 5.41) is 0. The lowest BCUT2D eigenvalue weighted by Crippen LogP contribution is -1.64. The van der Waals surface area contributed by atoms with Gasteiger partial charge in [0, 0.05) is 0 Å². The third-order valence-corrected chi connectivity index (χ3v) is 1.22. The van der Waals surface area contributed by atoms with E-state index >= 15 is 0 Å². The zero-order valence-electron chi connectivity index (χ0n) is 4.64. The Morgan fingerprint density at radius 2 is 1.29 bits per heavy atom. The van der Waals surface area contributed by atoms with E-state index in [1.165, 1.54) is 11.5 Å². The van der Waals surface area contributed by atoms with Crippen LogP contribution < -0.4 is 0 Å². The first kappa shape index (κ1) is 15.7. The summed E-state index contributed by atoms with van der Waals surface area (Å²) in [5.74, 6) is 2.52. The summed E-state index contributed by atoms with van der Waals surface area (Å²) in [5.41, 5.74) is 0. The smallest absolute Gasteiger partial charge is 0.00961 e. The molecule has 48 valence electrons. The Morgan fingerprint density at radius 3 is 1.29 bits per heavy atom. The van der Waals surface area contributed by atoms with Crippen molar-refractivity contribution >= 4 is 36.6 Å². The highest BCUT2D eigenvalue weighted by atomic mass is 35.5. The van der Waals surface area contributed by atoms with Crippen molar-refractivity contribution in [3.63, 3.8) is 0 Å². The van der Waals surface area contributed by atoms with E-state index in [0.717, 1.165) is 0 Å². The highest BCUT2D eigenvalue weighted by Crippen LogP contribution is 1.93. The van der Waals surface area contributed by atoms with Gasteiger partial charge in [-0.1, -0.05) is 13.8 Å². The lowest BCUT2D eigenvalue weighted by molar-refractivity contribution is 1.46. The lowest BCUT2D eigenvalue weighted by Gasteiger charge is -1.80. The summed E-state index contributed by atoms with van der Waals surface area (Å²) in [7, 11) is 0. The summed E-state index contributed by atoms with van der Waals surface area (Å²) >= 11 is 1.96.